The van der Waals surface area contributed by atoms with Crippen molar-refractivity contribution in [2.45, 2.75) is 39.2 Å². The van der Waals surface area contributed by atoms with Gasteiger partial charge in [-0.15, -0.1) is 0 Å². The molecule has 1 rings (SSSR count). The lowest BCUT2D eigenvalue weighted by Gasteiger charge is -2.36. The second-order valence-electron chi connectivity index (χ2n) is 5.43. The Morgan fingerprint density at radius 1 is 1.37 bits per heavy atom. The molecule has 110 valence electrons. The summed E-state index contributed by atoms with van der Waals surface area (Å²) in [6.07, 6.45) is 3.29. The van der Waals surface area contributed by atoms with E-state index in [1.165, 1.54) is 6.42 Å². The van der Waals surface area contributed by atoms with Crippen molar-refractivity contribution in [1.82, 2.24) is 15.5 Å². The summed E-state index contributed by atoms with van der Waals surface area (Å²) >= 11 is 0. The van der Waals surface area contributed by atoms with Gasteiger partial charge in [-0.05, 0) is 18.8 Å². The van der Waals surface area contributed by atoms with Crippen molar-refractivity contribution < 1.29 is 14.7 Å². The van der Waals surface area contributed by atoms with Crippen LogP contribution in [0.25, 0.3) is 0 Å². The molecule has 19 heavy (non-hydrogen) atoms. The van der Waals surface area contributed by atoms with Crippen LogP contribution in [0, 0.1) is 5.92 Å². The molecule has 0 bridgehead atoms. The molecule has 0 heterocycles. The Morgan fingerprint density at radius 2 is 2.05 bits per heavy atom. The number of rotatable bonds is 7. The van der Waals surface area contributed by atoms with Gasteiger partial charge >= 0.3 is 6.03 Å². The van der Waals surface area contributed by atoms with E-state index in [0.29, 0.717) is 25.0 Å². The predicted molar refractivity (Wildman–Crippen MR) is 72.7 cm³/mol. The fourth-order valence-corrected chi connectivity index (χ4v) is 1.96. The maximum atomic E-state index is 11.7. The standard InChI is InChI=1S/C13H25N3O3/c1-10(2)8-14-13(19)15-12(18)9-16(6-7-17)11-4-3-5-11/h10-11,17H,3-9H2,1-2H3,(H2,14,15,18,19). The van der Waals surface area contributed by atoms with Crippen molar-refractivity contribution in [1.29, 1.82) is 0 Å². The van der Waals surface area contributed by atoms with Gasteiger partial charge < -0.3 is 10.4 Å². The lowest BCUT2D eigenvalue weighted by molar-refractivity contribution is -0.122. The van der Waals surface area contributed by atoms with Crippen LogP contribution in [0.3, 0.4) is 0 Å². The van der Waals surface area contributed by atoms with E-state index in [4.69, 9.17) is 5.11 Å². The molecule has 0 spiro atoms. The second kappa shape index (κ2) is 8.12. The zero-order valence-corrected chi connectivity index (χ0v) is 11.8. The van der Waals surface area contributed by atoms with Gasteiger partial charge in [0.1, 0.15) is 0 Å². The van der Waals surface area contributed by atoms with Crippen molar-refractivity contribution in [2.75, 3.05) is 26.2 Å². The fourth-order valence-electron chi connectivity index (χ4n) is 1.96. The maximum Gasteiger partial charge on any atom is 0.321 e. The third kappa shape index (κ3) is 6.02. The first-order valence-electron chi connectivity index (χ1n) is 6.95. The van der Waals surface area contributed by atoms with Crippen molar-refractivity contribution in [2.24, 2.45) is 5.92 Å². The van der Waals surface area contributed by atoms with Gasteiger partial charge in [-0.2, -0.15) is 0 Å². The predicted octanol–water partition coefficient (Wildman–Crippen LogP) is 0.315. The first-order chi connectivity index (χ1) is 9.02. The number of carbonyl (C=O) groups is 2. The number of nitrogens with one attached hydrogen (secondary N) is 2. The van der Waals surface area contributed by atoms with E-state index in [2.05, 4.69) is 10.6 Å². The Kier molecular flexibility index (Phi) is 6.80. The molecule has 0 aliphatic heterocycles. The number of nitrogens with zero attached hydrogens (tertiary/aromatic N) is 1. The molecule has 0 unspecified atom stereocenters. The molecule has 0 saturated heterocycles. The van der Waals surface area contributed by atoms with Crippen LogP contribution in [-0.2, 0) is 4.79 Å². The van der Waals surface area contributed by atoms with Crippen molar-refractivity contribution >= 4 is 11.9 Å². The third-order valence-electron chi connectivity index (χ3n) is 3.25. The van der Waals surface area contributed by atoms with Crippen LogP contribution in [-0.4, -0.2) is 54.2 Å². The number of hydrogen-bond acceptors (Lipinski definition) is 4. The minimum absolute atomic E-state index is 0.0311. The second-order valence-corrected chi connectivity index (χ2v) is 5.43. The minimum atomic E-state index is -0.448. The quantitative estimate of drug-likeness (QED) is 0.622. The van der Waals surface area contributed by atoms with E-state index in [1.807, 2.05) is 18.7 Å². The maximum absolute atomic E-state index is 11.7. The van der Waals surface area contributed by atoms with Gasteiger partial charge in [0.2, 0.25) is 5.91 Å². The van der Waals surface area contributed by atoms with E-state index < -0.39 is 6.03 Å². The average Bonchev–Trinajstić information content (AvgIpc) is 2.24. The lowest BCUT2D eigenvalue weighted by atomic mass is 9.91. The minimum Gasteiger partial charge on any atom is -0.395 e. The summed E-state index contributed by atoms with van der Waals surface area (Å²) in [5.74, 6) is 0.0309. The summed E-state index contributed by atoms with van der Waals surface area (Å²) < 4.78 is 0. The van der Waals surface area contributed by atoms with Gasteiger partial charge in [-0.25, -0.2) is 4.79 Å². The molecule has 3 N–H and O–H groups in total. The summed E-state index contributed by atoms with van der Waals surface area (Å²) in [5.41, 5.74) is 0. The normalized spacial score (nSPS) is 15.4. The number of imide groups is 1. The molecule has 0 atom stereocenters. The van der Waals surface area contributed by atoms with Crippen LogP contribution in [0.1, 0.15) is 33.1 Å². The molecule has 3 amide bonds. The lowest BCUT2D eigenvalue weighted by Crippen LogP contribution is -2.49. The van der Waals surface area contributed by atoms with Crippen LogP contribution in [0.5, 0.6) is 0 Å². The van der Waals surface area contributed by atoms with Crippen molar-refractivity contribution in [3.63, 3.8) is 0 Å². The Hall–Kier alpha value is -1.14. The number of carbonyl (C=O) groups excluding carboxylic acids is 2. The van der Waals surface area contributed by atoms with E-state index >= 15 is 0 Å². The molecule has 0 radical (unpaired) electrons. The number of aliphatic hydroxyl groups is 1. The molecule has 0 aromatic carbocycles. The summed E-state index contributed by atoms with van der Waals surface area (Å²) in [4.78, 5) is 25.1. The third-order valence-corrected chi connectivity index (χ3v) is 3.25. The molecule has 0 aromatic heterocycles. The van der Waals surface area contributed by atoms with Gasteiger partial charge in [0.15, 0.2) is 0 Å². The smallest absolute Gasteiger partial charge is 0.321 e. The highest BCUT2D eigenvalue weighted by molar-refractivity contribution is 5.95. The number of aliphatic hydroxyl groups excluding tert-OH is 1. The number of amides is 3. The van der Waals surface area contributed by atoms with Gasteiger partial charge in [-0.1, -0.05) is 20.3 Å². The first-order valence-corrected chi connectivity index (χ1v) is 6.95. The van der Waals surface area contributed by atoms with Gasteiger partial charge in [-0.3, -0.25) is 15.0 Å². The molecule has 6 heteroatoms. The monoisotopic (exact) mass is 271 g/mol. The van der Waals surface area contributed by atoms with Crippen molar-refractivity contribution in [3.8, 4) is 0 Å². The largest absolute Gasteiger partial charge is 0.395 e. The van der Waals surface area contributed by atoms with Gasteiger partial charge in [0.05, 0.1) is 13.2 Å². The van der Waals surface area contributed by atoms with Crippen LogP contribution < -0.4 is 10.6 Å². The van der Waals surface area contributed by atoms with Crippen LogP contribution in [0.4, 0.5) is 4.79 Å². The van der Waals surface area contributed by atoms with Crippen LogP contribution in [0.2, 0.25) is 0 Å². The first kappa shape index (κ1) is 15.9. The Bertz CT molecular complexity index is 304. The Balaban J connectivity index is 2.29. The SMILES string of the molecule is CC(C)CNC(=O)NC(=O)CN(CCO)C1CCC1. The highest BCUT2D eigenvalue weighted by Gasteiger charge is 2.26. The van der Waals surface area contributed by atoms with Crippen LogP contribution in [0.15, 0.2) is 0 Å². The van der Waals surface area contributed by atoms with E-state index in [1.54, 1.807) is 0 Å². The van der Waals surface area contributed by atoms with E-state index in [-0.39, 0.29) is 19.1 Å². The Morgan fingerprint density at radius 3 is 2.53 bits per heavy atom. The fraction of sp³-hybridized carbons (Fsp3) is 0.846. The van der Waals surface area contributed by atoms with E-state index in [9.17, 15) is 9.59 Å². The summed E-state index contributed by atoms with van der Waals surface area (Å²) in [6, 6.07) is -0.0760. The molecule has 6 nitrogen and oxygen atoms in total. The molecule has 0 aromatic rings. The summed E-state index contributed by atoms with van der Waals surface area (Å²) in [5, 5.41) is 13.9. The molecule has 1 saturated carbocycles. The summed E-state index contributed by atoms with van der Waals surface area (Å²) in [6.45, 7) is 5.20. The highest BCUT2D eigenvalue weighted by Crippen LogP contribution is 2.24. The van der Waals surface area contributed by atoms with E-state index in [0.717, 1.165) is 12.8 Å². The Labute approximate surface area is 114 Å². The van der Waals surface area contributed by atoms with Crippen LogP contribution >= 0.6 is 0 Å². The van der Waals surface area contributed by atoms with Gasteiger partial charge in [0, 0.05) is 19.1 Å². The van der Waals surface area contributed by atoms with Crippen molar-refractivity contribution in [3.05, 3.63) is 0 Å². The molecule has 1 aliphatic rings. The zero-order chi connectivity index (χ0) is 14.3. The average molecular weight is 271 g/mol. The number of hydrogen-bond donors (Lipinski definition) is 3. The molecular weight excluding hydrogens is 246 g/mol. The molecular formula is C13H25N3O3. The number of urea groups is 1. The molecule has 1 aliphatic carbocycles. The zero-order valence-electron chi connectivity index (χ0n) is 11.8. The summed E-state index contributed by atoms with van der Waals surface area (Å²) in [7, 11) is 0. The van der Waals surface area contributed by atoms with Gasteiger partial charge in [0.25, 0.3) is 0 Å². The molecule has 1 fully saturated rings. The topological polar surface area (TPSA) is 81.7 Å². The highest BCUT2D eigenvalue weighted by atomic mass is 16.3.